The molecule has 19 heavy (non-hydrogen) atoms. The molecule has 1 N–H and O–H groups in total. The molecule has 0 bridgehead atoms. The van der Waals surface area contributed by atoms with Gasteiger partial charge in [-0.25, -0.2) is 0 Å². The van der Waals surface area contributed by atoms with Crippen LogP contribution in [0.2, 0.25) is 0 Å². The molecular formula is C14H16F3NO. The summed E-state index contributed by atoms with van der Waals surface area (Å²) in [5.41, 5.74) is 1.53. The second-order valence-electron chi connectivity index (χ2n) is 5.19. The van der Waals surface area contributed by atoms with Gasteiger partial charge in [-0.2, -0.15) is 13.2 Å². The second-order valence-corrected chi connectivity index (χ2v) is 5.19. The van der Waals surface area contributed by atoms with Crippen molar-refractivity contribution < 1.29 is 18.0 Å². The van der Waals surface area contributed by atoms with Crippen LogP contribution in [0.25, 0.3) is 0 Å². The third-order valence-corrected chi connectivity index (χ3v) is 2.44. The van der Waals surface area contributed by atoms with Crippen LogP contribution in [0.5, 0.6) is 0 Å². The first-order chi connectivity index (χ1) is 8.58. The van der Waals surface area contributed by atoms with Crippen molar-refractivity contribution in [2.75, 3.05) is 5.32 Å². The molecule has 0 radical (unpaired) electrons. The third kappa shape index (κ3) is 5.59. The Hall–Kier alpha value is -1.78. The van der Waals surface area contributed by atoms with Crippen molar-refractivity contribution in [3.63, 3.8) is 0 Å². The molecule has 0 aliphatic heterocycles. The van der Waals surface area contributed by atoms with E-state index in [1.807, 2.05) is 32.9 Å². The molecule has 0 unspecified atom stereocenters. The van der Waals surface area contributed by atoms with Crippen LogP contribution in [0.1, 0.15) is 26.3 Å². The zero-order valence-corrected chi connectivity index (χ0v) is 11.0. The van der Waals surface area contributed by atoms with Gasteiger partial charge in [0.1, 0.15) is 0 Å². The van der Waals surface area contributed by atoms with Crippen LogP contribution in [0, 0.1) is 0 Å². The summed E-state index contributed by atoms with van der Waals surface area (Å²) in [4.78, 5) is 11.2. The molecule has 0 atom stereocenters. The first-order valence-corrected chi connectivity index (χ1v) is 5.75. The average molecular weight is 271 g/mol. The van der Waals surface area contributed by atoms with E-state index in [0.717, 1.165) is 5.56 Å². The number of nitrogens with one attached hydrogen (secondary N) is 1. The van der Waals surface area contributed by atoms with Crippen molar-refractivity contribution in [1.82, 2.24) is 0 Å². The molecule has 1 aromatic rings. The topological polar surface area (TPSA) is 29.1 Å². The first-order valence-electron chi connectivity index (χ1n) is 5.75. The van der Waals surface area contributed by atoms with Gasteiger partial charge in [0, 0.05) is 17.8 Å². The Balaban J connectivity index is 2.69. The van der Waals surface area contributed by atoms with Crippen LogP contribution in [-0.2, 0) is 10.2 Å². The highest BCUT2D eigenvalue weighted by Crippen LogP contribution is 2.23. The number of benzene rings is 1. The number of anilines is 1. The van der Waals surface area contributed by atoms with E-state index in [9.17, 15) is 18.0 Å². The third-order valence-electron chi connectivity index (χ3n) is 2.44. The highest BCUT2D eigenvalue weighted by atomic mass is 19.4. The van der Waals surface area contributed by atoms with Crippen LogP contribution in [0.15, 0.2) is 36.4 Å². The summed E-state index contributed by atoms with van der Waals surface area (Å²) >= 11 is 0. The van der Waals surface area contributed by atoms with Gasteiger partial charge in [0.15, 0.2) is 0 Å². The molecule has 1 amide bonds. The van der Waals surface area contributed by atoms with Gasteiger partial charge in [-0.05, 0) is 23.1 Å². The van der Waals surface area contributed by atoms with E-state index >= 15 is 0 Å². The Bertz CT molecular complexity index is 467. The zero-order chi connectivity index (χ0) is 14.7. The van der Waals surface area contributed by atoms with E-state index in [0.29, 0.717) is 11.8 Å². The Kier molecular flexibility index (Phi) is 4.39. The SMILES string of the molecule is CC(C)(C)c1ccc(NC(=O)C=CC(F)(F)F)cc1. The number of carbonyl (C=O) groups is 1. The Morgan fingerprint density at radius 3 is 2.05 bits per heavy atom. The molecule has 0 spiro atoms. The molecule has 0 saturated carbocycles. The summed E-state index contributed by atoms with van der Waals surface area (Å²) in [7, 11) is 0. The maximum absolute atomic E-state index is 11.9. The average Bonchev–Trinajstić information content (AvgIpc) is 2.25. The summed E-state index contributed by atoms with van der Waals surface area (Å²) in [5.74, 6) is -0.805. The smallest absolute Gasteiger partial charge is 0.323 e. The molecule has 1 aromatic carbocycles. The molecule has 0 aromatic heterocycles. The van der Waals surface area contributed by atoms with Crippen molar-refractivity contribution in [1.29, 1.82) is 0 Å². The minimum atomic E-state index is -4.48. The van der Waals surface area contributed by atoms with Crippen molar-refractivity contribution in [3.05, 3.63) is 42.0 Å². The van der Waals surface area contributed by atoms with Gasteiger partial charge in [-0.3, -0.25) is 4.79 Å². The number of halogens is 3. The predicted molar refractivity (Wildman–Crippen MR) is 69.0 cm³/mol. The number of amides is 1. The Morgan fingerprint density at radius 1 is 1.11 bits per heavy atom. The summed E-state index contributed by atoms with van der Waals surface area (Å²) in [6.07, 6.45) is -4.10. The lowest BCUT2D eigenvalue weighted by Gasteiger charge is -2.19. The Labute approximate surface area is 110 Å². The Morgan fingerprint density at radius 2 is 1.63 bits per heavy atom. The monoisotopic (exact) mass is 271 g/mol. The fourth-order valence-corrected chi connectivity index (χ4v) is 1.41. The van der Waals surface area contributed by atoms with Crippen LogP contribution in [0.4, 0.5) is 18.9 Å². The number of alkyl halides is 3. The van der Waals surface area contributed by atoms with E-state index in [1.165, 1.54) is 0 Å². The predicted octanol–water partition coefficient (Wildman–Crippen LogP) is 4.04. The van der Waals surface area contributed by atoms with Crippen LogP contribution < -0.4 is 5.32 Å². The van der Waals surface area contributed by atoms with E-state index in [2.05, 4.69) is 5.32 Å². The summed E-state index contributed by atoms with van der Waals surface area (Å²) in [6, 6.07) is 7.01. The minimum absolute atomic E-state index is 0.0152. The summed E-state index contributed by atoms with van der Waals surface area (Å²) in [5, 5.41) is 2.37. The van der Waals surface area contributed by atoms with Crippen LogP contribution >= 0.6 is 0 Å². The maximum Gasteiger partial charge on any atom is 0.409 e. The fraction of sp³-hybridized carbons (Fsp3) is 0.357. The highest BCUT2D eigenvalue weighted by molar-refractivity contribution is 5.99. The quantitative estimate of drug-likeness (QED) is 0.808. The number of carbonyl (C=O) groups excluding carboxylic acids is 1. The van der Waals surface area contributed by atoms with Gasteiger partial charge in [-0.15, -0.1) is 0 Å². The zero-order valence-electron chi connectivity index (χ0n) is 11.0. The molecule has 0 saturated heterocycles. The number of hydrogen-bond acceptors (Lipinski definition) is 1. The molecule has 104 valence electrons. The van der Waals surface area contributed by atoms with Crippen molar-refractivity contribution in [2.24, 2.45) is 0 Å². The molecule has 0 aliphatic rings. The lowest BCUT2D eigenvalue weighted by Crippen LogP contribution is -2.12. The number of allylic oxidation sites excluding steroid dienone is 1. The van der Waals surface area contributed by atoms with Gasteiger partial charge in [-0.1, -0.05) is 32.9 Å². The summed E-state index contributed by atoms with van der Waals surface area (Å²) < 4.78 is 35.6. The van der Waals surface area contributed by atoms with Gasteiger partial charge in [0.2, 0.25) is 5.91 Å². The first kappa shape index (κ1) is 15.3. The van der Waals surface area contributed by atoms with Crippen molar-refractivity contribution in [3.8, 4) is 0 Å². The largest absolute Gasteiger partial charge is 0.409 e. The normalized spacial score (nSPS) is 12.7. The summed E-state index contributed by atoms with van der Waals surface area (Å²) in [6.45, 7) is 6.14. The van der Waals surface area contributed by atoms with Gasteiger partial charge in [0.05, 0.1) is 0 Å². The van der Waals surface area contributed by atoms with E-state index in [4.69, 9.17) is 0 Å². The van der Waals surface area contributed by atoms with E-state index in [1.54, 1.807) is 12.1 Å². The van der Waals surface area contributed by atoms with Crippen molar-refractivity contribution in [2.45, 2.75) is 32.4 Å². The van der Waals surface area contributed by atoms with Crippen LogP contribution in [-0.4, -0.2) is 12.1 Å². The maximum atomic E-state index is 11.9. The number of rotatable bonds is 2. The molecule has 1 rings (SSSR count). The van der Waals surface area contributed by atoms with Gasteiger partial charge >= 0.3 is 6.18 Å². The molecule has 0 fully saturated rings. The van der Waals surface area contributed by atoms with E-state index < -0.39 is 12.1 Å². The number of hydrogen-bond donors (Lipinski definition) is 1. The van der Waals surface area contributed by atoms with E-state index in [-0.39, 0.29) is 11.5 Å². The highest BCUT2D eigenvalue weighted by Gasteiger charge is 2.22. The lowest BCUT2D eigenvalue weighted by atomic mass is 9.87. The van der Waals surface area contributed by atoms with Crippen LogP contribution in [0.3, 0.4) is 0 Å². The standard InChI is InChI=1S/C14H16F3NO/c1-13(2,3)10-4-6-11(7-5-10)18-12(19)8-9-14(15,16)17/h4-9H,1-3H3,(H,18,19). The molecule has 0 aliphatic carbocycles. The molecule has 0 heterocycles. The van der Waals surface area contributed by atoms with Gasteiger partial charge in [0.25, 0.3) is 0 Å². The van der Waals surface area contributed by atoms with Crippen molar-refractivity contribution >= 4 is 11.6 Å². The second kappa shape index (κ2) is 5.47. The fourth-order valence-electron chi connectivity index (χ4n) is 1.41. The minimum Gasteiger partial charge on any atom is -0.323 e. The molecule has 2 nitrogen and oxygen atoms in total. The lowest BCUT2D eigenvalue weighted by molar-refractivity contribution is -0.112. The molecular weight excluding hydrogens is 255 g/mol. The van der Waals surface area contributed by atoms with Gasteiger partial charge < -0.3 is 5.32 Å². The molecule has 5 heteroatoms.